The predicted octanol–water partition coefficient (Wildman–Crippen LogP) is 2.06. The summed E-state index contributed by atoms with van der Waals surface area (Å²) in [7, 11) is 0. The normalized spacial score (nSPS) is 10.6. The first-order chi connectivity index (χ1) is 13.6. The van der Waals surface area contributed by atoms with E-state index in [0.717, 1.165) is 16.9 Å². The molecule has 3 aromatic rings. The van der Waals surface area contributed by atoms with E-state index in [1.165, 1.54) is 5.56 Å². The van der Waals surface area contributed by atoms with Gasteiger partial charge in [-0.15, -0.1) is 0 Å². The van der Waals surface area contributed by atoms with Crippen LogP contribution in [0.1, 0.15) is 27.2 Å². The second kappa shape index (κ2) is 9.52. The summed E-state index contributed by atoms with van der Waals surface area (Å²) >= 11 is 0. The van der Waals surface area contributed by atoms with Crippen LogP contribution in [-0.2, 0) is 13.2 Å². The second-order valence-corrected chi connectivity index (χ2v) is 6.35. The van der Waals surface area contributed by atoms with Crippen LogP contribution in [0.25, 0.3) is 0 Å². The van der Waals surface area contributed by atoms with E-state index in [9.17, 15) is 4.79 Å². The Balaban J connectivity index is 1.35. The highest BCUT2D eigenvalue weighted by molar-refractivity contribution is 5.95. The Morgan fingerprint density at radius 2 is 1.93 bits per heavy atom. The summed E-state index contributed by atoms with van der Waals surface area (Å²) in [4.78, 5) is 11.8. The fraction of sp³-hybridized carbons (Fsp3) is 0.250. The van der Waals surface area contributed by atoms with E-state index < -0.39 is 5.91 Å². The number of nitrogens with two attached hydrogens (primary N) is 1. The molecule has 0 saturated heterocycles. The van der Waals surface area contributed by atoms with E-state index in [1.807, 2.05) is 30.3 Å². The fourth-order valence-electron chi connectivity index (χ4n) is 2.61. The van der Waals surface area contributed by atoms with Crippen molar-refractivity contribution in [3.8, 4) is 5.75 Å². The zero-order valence-electron chi connectivity index (χ0n) is 15.6. The van der Waals surface area contributed by atoms with Crippen molar-refractivity contribution in [2.45, 2.75) is 20.1 Å². The lowest BCUT2D eigenvalue weighted by molar-refractivity contribution is 0.0944. The average molecular weight is 381 g/mol. The van der Waals surface area contributed by atoms with Gasteiger partial charge < -0.3 is 21.1 Å². The number of hydrogen-bond donors (Lipinski definition) is 3. The van der Waals surface area contributed by atoms with E-state index in [0.29, 0.717) is 26.2 Å². The van der Waals surface area contributed by atoms with Crippen LogP contribution in [-0.4, -0.2) is 29.3 Å². The molecule has 146 valence electrons. The van der Waals surface area contributed by atoms with Crippen LogP contribution >= 0.6 is 0 Å². The zero-order valence-corrected chi connectivity index (χ0v) is 15.6. The number of nitrogens with one attached hydrogen (secondary N) is 2. The van der Waals surface area contributed by atoms with Gasteiger partial charge in [-0.25, -0.2) is 4.63 Å². The molecule has 4 N–H and O–H groups in total. The van der Waals surface area contributed by atoms with Crippen molar-refractivity contribution in [3.63, 3.8) is 0 Å². The van der Waals surface area contributed by atoms with Gasteiger partial charge >= 0.3 is 0 Å². The Bertz CT molecular complexity index is 908. The minimum Gasteiger partial charge on any atom is -0.489 e. The number of anilines is 1. The number of benzene rings is 2. The largest absolute Gasteiger partial charge is 0.489 e. The van der Waals surface area contributed by atoms with Gasteiger partial charge in [0.15, 0.2) is 0 Å². The third-order valence-corrected chi connectivity index (χ3v) is 4.06. The molecule has 0 aliphatic carbocycles. The molecule has 1 amide bonds. The number of nitrogens with zero attached hydrogens (tertiary/aromatic N) is 2. The number of rotatable bonds is 9. The van der Waals surface area contributed by atoms with Crippen LogP contribution in [0.5, 0.6) is 5.75 Å². The molecular formula is C20H23N5O3. The molecule has 0 spiro atoms. The summed E-state index contributed by atoms with van der Waals surface area (Å²) in [6.07, 6.45) is 0. The van der Waals surface area contributed by atoms with E-state index in [-0.39, 0.29) is 11.5 Å². The number of hydrogen-bond acceptors (Lipinski definition) is 7. The number of aryl methyl sites for hydroxylation is 1. The highest BCUT2D eigenvalue weighted by Gasteiger charge is 2.14. The molecule has 0 aliphatic heterocycles. The first-order valence-electron chi connectivity index (χ1n) is 8.96. The van der Waals surface area contributed by atoms with Crippen LogP contribution in [0.4, 0.5) is 5.82 Å². The second-order valence-electron chi connectivity index (χ2n) is 6.35. The highest BCUT2D eigenvalue weighted by atomic mass is 16.6. The molecule has 2 aromatic carbocycles. The molecule has 1 aromatic heterocycles. The van der Waals surface area contributed by atoms with Crippen molar-refractivity contribution in [3.05, 3.63) is 70.9 Å². The van der Waals surface area contributed by atoms with Gasteiger partial charge in [0, 0.05) is 19.6 Å². The number of nitrogen functional groups attached to an aromatic ring is 1. The molecule has 0 aliphatic rings. The van der Waals surface area contributed by atoms with Gasteiger partial charge in [-0.3, -0.25) is 4.79 Å². The number of aromatic nitrogens is 2. The maximum Gasteiger partial charge on any atom is 0.277 e. The van der Waals surface area contributed by atoms with Crippen molar-refractivity contribution >= 4 is 11.7 Å². The van der Waals surface area contributed by atoms with Gasteiger partial charge in [-0.2, -0.15) is 0 Å². The molecule has 0 fully saturated rings. The molecule has 0 radical (unpaired) electrons. The molecule has 1 heterocycles. The predicted molar refractivity (Wildman–Crippen MR) is 105 cm³/mol. The Morgan fingerprint density at radius 1 is 1.11 bits per heavy atom. The van der Waals surface area contributed by atoms with Crippen molar-refractivity contribution in [2.24, 2.45) is 0 Å². The smallest absolute Gasteiger partial charge is 0.277 e. The lowest BCUT2D eigenvalue weighted by Gasteiger charge is -2.09. The molecule has 8 nitrogen and oxygen atoms in total. The van der Waals surface area contributed by atoms with Gasteiger partial charge in [0.2, 0.25) is 11.5 Å². The topological polar surface area (TPSA) is 115 Å². The Labute approximate surface area is 163 Å². The van der Waals surface area contributed by atoms with Gasteiger partial charge in [0.1, 0.15) is 12.4 Å². The minimum atomic E-state index is -0.407. The van der Waals surface area contributed by atoms with Crippen molar-refractivity contribution in [2.75, 3.05) is 18.8 Å². The lowest BCUT2D eigenvalue weighted by atomic mass is 10.1. The van der Waals surface area contributed by atoms with Crippen LogP contribution in [0.2, 0.25) is 0 Å². The van der Waals surface area contributed by atoms with Crippen LogP contribution in [0.3, 0.4) is 0 Å². The van der Waals surface area contributed by atoms with Crippen LogP contribution < -0.4 is 21.1 Å². The maximum atomic E-state index is 11.8. The molecular weight excluding hydrogens is 358 g/mol. The van der Waals surface area contributed by atoms with Crippen molar-refractivity contribution in [1.29, 1.82) is 0 Å². The Hall–Kier alpha value is -3.39. The number of carbonyl (C=O) groups excluding carboxylic acids is 1. The highest BCUT2D eigenvalue weighted by Crippen LogP contribution is 2.14. The summed E-state index contributed by atoms with van der Waals surface area (Å²) in [6.45, 7) is 4.33. The number of amides is 1. The first-order valence-corrected chi connectivity index (χ1v) is 8.96. The quantitative estimate of drug-likeness (QED) is 0.486. The lowest BCUT2D eigenvalue weighted by Crippen LogP contribution is -2.32. The Morgan fingerprint density at radius 3 is 2.64 bits per heavy atom. The summed E-state index contributed by atoms with van der Waals surface area (Å²) < 4.78 is 10.2. The van der Waals surface area contributed by atoms with E-state index in [2.05, 4.69) is 50.7 Å². The maximum absolute atomic E-state index is 11.8. The van der Waals surface area contributed by atoms with Crippen LogP contribution in [0.15, 0.2) is 53.2 Å². The third kappa shape index (κ3) is 5.55. The van der Waals surface area contributed by atoms with E-state index in [1.54, 1.807) is 0 Å². The summed E-state index contributed by atoms with van der Waals surface area (Å²) in [6, 6.07) is 16.2. The molecule has 3 rings (SSSR count). The summed E-state index contributed by atoms with van der Waals surface area (Å²) in [5.41, 5.74) is 8.96. The van der Waals surface area contributed by atoms with E-state index in [4.69, 9.17) is 10.5 Å². The van der Waals surface area contributed by atoms with Gasteiger partial charge in [0.25, 0.3) is 5.91 Å². The molecule has 0 atom stereocenters. The summed E-state index contributed by atoms with van der Waals surface area (Å²) in [5.74, 6) is 0.405. The third-order valence-electron chi connectivity index (χ3n) is 4.06. The Kier molecular flexibility index (Phi) is 6.59. The fourth-order valence-corrected chi connectivity index (χ4v) is 2.61. The SMILES string of the molecule is Cc1cccc(COc2ccc(CNCCNC(=O)c3nonc3N)cc2)c1. The number of carbonyl (C=O) groups is 1. The average Bonchev–Trinajstić information content (AvgIpc) is 3.13. The number of ether oxygens (including phenoxy) is 1. The molecule has 8 heteroatoms. The molecule has 0 bridgehead atoms. The van der Waals surface area contributed by atoms with Gasteiger partial charge in [-0.1, -0.05) is 42.0 Å². The van der Waals surface area contributed by atoms with E-state index >= 15 is 0 Å². The van der Waals surface area contributed by atoms with Crippen molar-refractivity contribution in [1.82, 2.24) is 20.9 Å². The summed E-state index contributed by atoms with van der Waals surface area (Å²) in [5, 5.41) is 12.8. The molecule has 0 saturated carbocycles. The molecule has 0 unspecified atom stereocenters. The van der Waals surface area contributed by atoms with Gasteiger partial charge in [0.05, 0.1) is 0 Å². The minimum absolute atomic E-state index is 0.00116. The van der Waals surface area contributed by atoms with Crippen molar-refractivity contribution < 1.29 is 14.2 Å². The van der Waals surface area contributed by atoms with Gasteiger partial charge in [-0.05, 0) is 40.5 Å². The zero-order chi connectivity index (χ0) is 19.8. The molecule has 28 heavy (non-hydrogen) atoms. The monoisotopic (exact) mass is 381 g/mol. The first kappa shape index (κ1) is 19.4. The standard InChI is InChI=1S/C20H23N5O3/c1-14-3-2-4-16(11-14)13-27-17-7-5-15(6-8-17)12-22-9-10-23-20(26)18-19(21)25-28-24-18/h2-8,11,22H,9-10,12-13H2,1H3,(H2,21,25)(H,23,26). The van der Waals surface area contributed by atoms with Crippen LogP contribution in [0, 0.1) is 6.92 Å².